The Bertz CT molecular complexity index is 1650. The van der Waals surface area contributed by atoms with Gasteiger partial charge in [0.1, 0.15) is 23.8 Å². The molecular formula is C29H24F2N6O2. The molecule has 1 fully saturated rings. The van der Waals surface area contributed by atoms with Gasteiger partial charge in [-0.25, -0.2) is 18.7 Å². The molecule has 6 rings (SSSR count). The molecule has 10 heteroatoms. The van der Waals surface area contributed by atoms with Crippen LogP contribution in [0.3, 0.4) is 0 Å². The minimum atomic E-state index is -2.57. The highest BCUT2D eigenvalue weighted by Crippen LogP contribution is 2.43. The van der Waals surface area contributed by atoms with Crippen molar-refractivity contribution in [2.24, 2.45) is 0 Å². The van der Waals surface area contributed by atoms with Crippen molar-refractivity contribution in [3.63, 3.8) is 0 Å². The van der Waals surface area contributed by atoms with E-state index in [1.807, 2.05) is 30.3 Å². The lowest BCUT2D eigenvalue weighted by Gasteiger charge is -2.14. The Morgan fingerprint density at radius 1 is 1.10 bits per heavy atom. The molecule has 0 unspecified atom stereocenters. The Kier molecular flexibility index (Phi) is 6.44. The first kappa shape index (κ1) is 24.6. The third kappa shape index (κ3) is 5.05. The van der Waals surface area contributed by atoms with Crippen LogP contribution in [0.5, 0.6) is 5.75 Å². The van der Waals surface area contributed by atoms with Gasteiger partial charge in [0.15, 0.2) is 0 Å². The van der Waals surface area contributed by atoms with Crippen molar-refractivity contribution in [1.82, 2.24) is 24.7 Å². The molecule has 3 aromatic heterocycles. The van der Waals surface area contributed by atoms with Gasteiger partial charge in [-0.3, -0.25) is 14.5 Å². The van der Waals surface area contributed by atoms with E-state index in [4.69, 9.17) is 14.7 Å². The van der Waals surface area contributed by atoms with Gasteiger partial charge in [0.25, 0.3) is 12.3 Å². The normalized spacial score (nSPS) is 13.1. The molecule has 1 aliphatic rings. The van der Waals surface area contributed by atoms with Crippen LogP contribution in [-0.2, 0) is 6.54 Å². The summed E-state index contributed by atoms with van der Waals surface area (Å²) in [4.78, 5) is 26.7. The van der Waals surface area contributed by atoms with E-state index in [1.54, 1.807) is 36.7 Å². The molecule has 39 heavy (non-hydrogen) atoms. The Balaban J connectivity index is 1.55. The Labute approximate surface area is 222 Å². The van der Waals surface area contributed by atoms with E-state index >= 15 is 0 Å². The largest absolute Gasteiger partial charge is 0.494 e. The zero-order chi connectivity index (χ0) is 26.9. The number of carbonyl (C=O) groups is 1. The van der Waals surface area contributed by atoms with Crippen molar-refractivity contribution in [2.45, 2.75) is 31.7 Å². The van der Waals surface area contributed by atoms with Crippen LogP contribution in [0.15, 0.2) is 73.2 Å². The summed E-state index contributed by atoms with van der Waals surface area (Å²) in [5, 5.41) is 8.04. The number of carbonyl (C=O) groups excluding carboxylic acids is 1. The molecule has 0 radical (unpaired) electrons. The number of rotatable bonds is 8. The maximum absolute atomic E-state index is 13.4. The van der Waals surface area contributed by atoms with Gasteiger partial charge < -0.3 is 10.1 Å². The number of alkyl halides is 2. The number of benzene rings is 2. The van der Waals surface area contributed by atoms with E-state index in [9.17, 15) is 13.6 Å². The lowest BCUT2D eigenvalue weighted by atomic mass is 10.0. The average molecular weight is 527 g/mol. The zero-order valence-electron chi connectivity index (χ0n) is 21.0. The monoisotopic (exact) mass is 526 g/mol. The quantitative estimate of drug-likeness (QED) is 0.268. The van der Waals surface area contributed by atoms with Gasteiger partial charge in [-0.2, -0.15) is 5.10 Å². The van der Waals surface area contributed by atoms with Crippen molar-refractivity contribution < 1.29 is 18.3 Å². The van der Waals surface area contributed by atoms with Gasteiger partial charge >= 0.3 is 0 Å². The first-order valence-electron chi connectivity index (χ1n) is 12.5. The number of ether oxygens (including phenoxy) is 1. The van der Waals surface area contributed by atoms with Crippen LogP contribution >= 0.6 is 0 Å². The van der Waals surface area contributed by atoms with E-state index in [1.165, 1.54) is 18.0 Å². The van der Waals surface area contributed by atoms with Gasteiger partial charge in [0, 0.05) is 47.1 Å². The molecule has 1 saturated carbocycles. The highest BCUT2D eigenvalue weighted by Gasteiger charge is 2.29. The fourth-order valence-corrected chi connectivity index (χ4v) is 4.50. The third-order valence-electron chi connectivity index (χ3n) is 6.54. The average Bonchev–Trinajstić information content (AvgIpc) is 3.73. The standard InChI is InChI=1S/C29H24F2N6O2/c1-39-24-13-22-20(12-23(24)34-29(38)19-8-5-11-32-14-19)27(35-28(33-22)18-9-10-18)21-15-37(16-25(30)31)36-26(21)17-6-3-2-4-7-17/h2-8,11-15,18,25H,9-10,16H2,1H3,(H,34,38). The molecule has 0 spiro atoms. The lowest BCUT2D eigenvalue weighted by molar-refractivity contribution is 0.102. The summed E-state index contributed by atoms with van der Waals surface area (Å²) in [7, 11) is 1.52. The van der Waals surface area contributed by atoms with E-state index in [2.05, 4.69) is 15.4 Å². The van der Waals surface area contributed by atoms with E-state index < -0.39 is 13.0 Å². The van der Waals surface area contributed by atoms with Gasteiger partial charge in [-0.15, -0.1) is 0 Å². The summed E-state index contributed by atoms with van der Waals surface area (Å²) < 4.78 is 33.6. The van der Waals surface area contributed by atoms with Crippen molar-refractivity contribution in [3.05, 3.63) is 84.6 Å². The second kappa shape index (κ2) is 10.2. The smallest absolute Gasteiger partial charge is 0.257 e. The van der Waals surface area contributed by atoms with Gasteiger partial charge in [-0.05, 0) is 31.0 Å². The highest BCUT2D eigenvalue weighted by atomic mass is 19.3. The number of hydrogen-bond acceptors (Lipinski definition) is 6. The Hall–Kier alpha value is -4.73. The van der Waals surface area contributed by atoms with Crippen LogP contribution in [-0.4, -0.2) is 44.2 Å². The number of methoxy groups -OCH3 is 1. The topological polar surface area (TPSA) is 94.8 Å². The molecule has 2 aromatic carbocycles. The molecular weight excluding hydrogens is 502 g/mol. The van der Waals surface area contributed by atoms with Gasteiger partial charge in [0.2, 0.25) is 0 Å². The minimum Gasteiger partial charge on any atom is -0.494 e. The van der Waals surface area contributed by atoms with Crippen molar-refractivity contribution >= 4 is 22.5 Å². The first-order chi connectivity index (χ1) is 19.0. The third-order valence-corrected chi connectivity index (χ3v) is 6.54. The second-order valence-corrected chi connectivity index (χ2v) is 9.34. The maximum atomic E-state index is 13.4. The van der Waals surface area contributed by atoms with Crippen LogP contribution < -0.4 is 10.1 Å². The number of anilines is 1. The van der Waals surface area contributed by atoms with Crippen LogP contribution in [0.2, 0.25) is 0 Å². The summed E-state index contributed by atoms with van der Waals surface area (Å²) in [5.41, 5.74) is 3.91. The summed E-state index contributed by atoms with van der Waals surface area (Å²) >= 11 is 0. The molecule has 0 aliphatic heterocycles. The predicted octanol–water partition coefficient (Wildman–Crippen LogP) is 5.96. The molecule has 0 saturated heterocycles. The summed E-state index contributed by atoms with van der Waals surface area (Å²) in [6, 6.07) is 16.2. The lowest BCUT2D eigenvalue weighted by Crippen LogP contribution is -2.13. The van der Waals surface area contributed by atoms with Gasteiger partial charge in [0.05, 0.1) is 29.6 Å². The summed E-state index contributed by atoms with van der Waals surface area (Å²) in [6.45, 7) is -0.543. The van der Waals surface area contributed by atoms with Crippen molar-refractivity contribution in [3.8, 4) is 28.3 Å². The van der Waals surface area contributed by atoms with Crippen LogP contribution in [0.4, 0.5) is 14.5 Å². The molecule has 196 valence electrons. The summed E-state index contributed by atoms with van der Waals surface area (Å²) in [5.74, 6) is 1.00. The maximum Gasteiger partial charge on any atom is 0.257 e. The van der Waals surface area contributed by atoms with E-state index in [0.29, 0.717) is 50.7 Å². The zero-order valence-corrected chi connectivity index (χ0v) is 21.0. The van der Waals surface area contributed by atoms with Crippen molar-refractivity contribution in [1.29, 1.82) is 0 Å². The van der Waals surface area contributed by atoms with Crippen LogP contribution in [0, 0.1) is 0 Å². The second-order valence-electron chi connectivity index (χ2n) is 9.34. The number of fused-ring (bicyclic) bond motifs is 1. The number of hydrogen-bond donors (Lipinski definition) is 1. The Morgan fingerprint density at radius 2 is 1.92 bits per heavy atom. The molecule has 0 bridgehead atoms. The van der Waals surface area contributed by atoms with E-state index in [0.717, 1.165) is 18.4 Å². The SMILES string of the molecule is COc1cc2nc(C3CC3)nc(-c3cn(CC(F)F)nc3-c3ccccc3)c2cc1NC(=O)c1cccnc1. The molecule has 1 N–H and O–H groups in total. The fraction of sp³-hybridized carbons (Fsp3) is 0.207. The van der Waals surface area contributed by atoms with Gasteiger partial charge in [-0.1, -0.05) is 30.3 Å². The molecule has 1 aliphatic carbocycles. The predicted molar refractivity (Wildman–Crippen MR) is 143 cm³/mol. The number of aromatic nitrogens is 5. The number of halogens is 2. The minimum absolute atomic E-state index is 0.236. The number of pyridine rings is 1. The van der Waals surface area contributed by atoms with E-state index in [-0.39, 0.29) is 11.8 Å². The fourth-order valence-electron chi connectivity index (χ4n) is 4.50. The highest BCUT2D eigenvalue weighted by molar-refractivity contribution is 6.07. The molecule has 3 heterocycles. The number of amides is 1. The Morgan fingerprint density at radius 3 is 2.62 bits per heavy atom. The summed E-state index contributed by atoms with van der Waals surface area (Å²) in [6.07, 6.45) is 4.07. The molecule has 0 atom stereocenters. The number of nitrogens with one attached hydrogen (secondary N) is 1. The van der Waals surface area contributed by atoms with Crippen LogP contribution in [0.25, 0.3) is 33.4 Å². The first-order valence-corrected chi connectivity index (χ1v) is 12.5. The molecule has 8 nitrogen and oxygen atoms in total. The molecule has 1 amide bonds. The number of nitrogens with zero attached hydrogens (tertiary/aromatic N) is 5. The van der Waals surface area contributed by atoms with Crippen molar-refractivity contribution in [2.75, 3.05) is 12.4 Å². The molecule has 5 aromatic rings. The van der Waals surface area contributed by atoms with Crippen LogP contribution in [0.1, 0.15) is 34.9 Å².